The van der Waals surface area contributed by atoms with Crippen LogP contribution in [0.5, 0.6) is 0 Å². The molecule has 1 aliphatic rings. The van der Waals surface area contributed by atoms with Crippen LogP contribution in [-0.4, -0.2) is 51.7 Å². The Kier molecular flexibility index (Phi) is 5.28. The number of alkyl halides is 3. The van der Waals surface area contributed by atoms with Crippen molar-refractivity contribution in [2.75, 3.05) is 26.2 Å². The Morgan fingerprint density at radius 1 is 1.04 bits per heavy atom. The highest BCUT2D eigenvalue weighted by molar-refractivity contribution is 5.87. The minimum absolute atomic E-state index is 0.0618. The Morgan fingerprint density at radius 3 is 2.22 bits per heavy atom. The molecule has 1 fully saturated rings. The molecule has 0 spiro atoms. The minimum atomic E-state index is -4.43. The predicted octanol–water partition coefficient (Wildman–Crippen LogP) is 2.98. The van der Waals surface area contributed by atoms with Crippen LogP contribution < -0.4 is 0 Å². The van der Waals surface area contributed by atoms with E-state index in [1.807, 2.05) is 54.0 Å². The van der Waals surface area contributed by atoms with E-state index < -0.39 is 17.3 Å². The summed E-state index contributed by atoms with van der Waals surface area (Å²) in [4.78, 5) is 16.8. The third-order valence-electron chi connectivity index (χ3n) is 4.97. The fourth-order valence-corrected chi connectivity index (χ4v) is 3.26. The highest BCUT2D eigenvalue weighted by Crippen LogP contribution is 2.28. The molecule has 27 heavy (non-hydrogen) atoms. The quantitative estimate of drug-likeness (QED) is 0.819. The van der Waals surface area contributed by atoms with Gasteiger partial charge in [-0.3, -0.25) is 14.4 Å². The lowest BCUT2D eigenvalue weighted by Crippen LogP contribution is -2.53. The van der Waals surface area contributed by atoms with Crippen molar-refractivity contribution in [2.24, 2.45) is 0 Å². The Labute approximate surface area is 156 Å². The normalized spacial score (nSPS) is 16.6. The summed E-state index contributed by atoms with van der Waals surface area (Å²) in [5, 5.41) is 3.58. The van der Waals surface area contributed by atoms with E-state index in [4.69, 9.17) is 0 Å². The number of carbonyl (C=O) groups is 1. The Balaban J connectivity index is 1.57. The van der Waals surface area contributed by atoms with E-state index in [0.29, 0.717) is 26.2 Å². The van der Waals surface area contributed by atoms with E-state index in [0.717, 1.165) is 11.6 Å². The molecule has 1 saturated heterocycles. The molecule has 0 N–H and O–H groups in total. The van der Waals surface area contributed by atoms with E-state index in [1.165, 1.54) is 10.9 Å². The number of aromatic nitrogens is 2. The molecule has 1 amide bonds. The topological polar surface area (TPSA) is 41.4 Å². The summed E-state index contributed by atoms with van der Waals surface area (Å²) in [5.74, 6) is 0.0618. The molecule has 0 bridgehead atoms. The molecule has 8 heteroatoms. The summed E-state index contributed by atoms with van der Waals surface area (Å²) >= 11 is 0. The molecule has 3 rings (SSSR count). The van der Waals surface area contributed by atoms with Gasteiger partial charge in [-0.15, -0.1) is 0 Å². The van der Waals surface area contributed by atoms with Crippen molar-refractivity contribution in [3.8, 4) is 0 Å². The molecule has 0 unspecified atom stereocenters. The number of carbonyl (C=O) groups excluding carboxylic acids is 1. The Bertz CT molecular complexity index is 778. The van der Waals surface area contributed by atoms with Crippen LogP contribution in [-0.2, 0) is 23.1 Å². The fraction of sp³-hybridized carbons (Fsp3) is 0.474. The first-order chi connectivity index (χ1) is 12.7. The zero-order valence-electron chi connectivity index (χ0n) is 15.4. The second kappa shape index (κ2) is 7.34. The van der Waals surface area contributed by atoms with E-state index in [1.54, 1.807) is 0 Å². The monoisotopic (exact) mass is 380 g/mol. The summed E-state index contributed by atoms with van der Waals surface area (Å²) in [5.41, 5.74) is -0.540. The highest BCUT2D eigenvalue weighted by Gasteiger charge is 2.36. The lowest BCUT2D eigenvalue weighted by atomic mass is 9.83. The van der Waals surface area contributed by atoms with Gasteiger partial charge >= 0.3 is 6.18 Å². The third-order valence-corrected chi connectivity index (χ3v) is 4.97. The molecule has 2 heterocycles. The number of hydrogen-bond donors (Lipinski definition) is 0. The first kappa shape index (κ1) is 19.4. The highest BCUT2D eigenvalue weighted by atomic mass is 19.4. The van der Waals surface area contributed by atoms with Crippen molar-refractivity contribution in [2.45, 2.75) is 32.1 Å². The molecule has 0 radical (unpaired) electrons. The van der Waals surface area contributed by atoms with E-state index in [9.17, 15) is 18.0 Å². The standard InChI is InChI=1S/C19H23F3N4O/c1-18(2,15-6-4-3-5-7-15)17(27)25-12-10-24(11-13-25)14-26-9-8-16(23-26)19(20,21)22/h3-9H,10-14H2,1-2H3. The summed E-state index contributed by atoms with van der Waals surface area (Å²) in [7, 11) is 0. The van der Waals surface area contributed by atoms with Crippen molar-refractivity contribution in [1.82, 2.24) is 19.6 Å². The van der Waals surface area contributed by atoms with Gasteiger partial charge in [0.25, 0.3) is 0 Å². The summed E-state index contributed by atoms with van der Waals surface area (Å²) in [6, 6.07) is 10.6. The molecule has 1 aromatic heterocycles. The molecule has 146 valence electrons. The van der Waals surface area contributed by atoms with Crippen LogP contribution in [0.4, 0.5) is 13.2 Å². The zero-order valence-corrected chi connectivity index (χ0v) is 15.4. The van der Waals surface area contributed by atoms with Crippen molar-refractivity contribution < 1.29 is 18.0 Å². The number of benzene rings is 1. The van der Waals surface area contributed by atoms with Gasteiger partial charge in [0.05, 0.1) is 12.1 Å². The second-order valence-corrected chi connectivity index (χ2v) is 7.28. The molecule has 0 aliphatic carbocycles. The number of amides is 1. The van der Waals surface area contributed by atoms with Gasteiger partial charge in [0, 0.05) is 32.4 Å². The molecule has 2 aromatic rings. The predicted molar refractivity (Wildman–Crippen MR) is 94.9 cm³/mol. The number of hydrogen-bond acceptors (Lipinski definition) is 3. The van der Waals surface area contributed by atoms with Gasteiger partial charge in [0.1, 0.15) is 0 Å². The minimum Gasteiger partial charge on any atom is -0.339 e. The van der Waals surface area contributed by atoms with Crippen LogP contribution in [0.15, 0.2) is 42.6 Å². The third kappa shape index (κ3) is 4.32. The lowest BCUT2D eigenvalue weighted by Gasteiger charge is -2.38. The first-order valence-electron chi connectivity index (χ1n) is 8.86. The Morgan fingerprint density at radius 2 is 1.67 bits per heavy atom. The first-order valence-corrected chi connectivity index (χ1v) is 8.86. The molecule has 1 aromatic carbocycles. The molecule has 1 aliphatic heterocycles. The maximum Gasteiger partial charge on any atom is 0.435 e. The van der Waals surface area contributed by atoms with Crippen LogP contribution in [0.1, 0.15) is 25.1 Å². The van der Waals surface area contributed by atoms with Gasteiger partial charge in [-0.25, -0.2) is 0 Å². The van der Waals surface area contributed by atoms with Crippen LogP contribution >= 0.6 is 0 Å². The van der Waals surface area contributed by atoms with E-state index in [2.05, 4.69) is 5.10 Å². The zero-order chi connectivity index (χ0) is 19.7. The summed E-state index contributed by atoms with van der Waals surface area (Å²) in [6.45, 7) is 6.39. The fourth-order valence-electron chi connectivity index (χ4n) is 3.26. The van der Waals surface area contributed by atoms with Crippen molar-refractivity contribution in [1.29, 1.82) is 0 Å². The molecular formula is C19H23F3N4O. The summed E-state index contributed by atoms with van der Waals surface area (Å²) < 4.78 is 39.2. The molecule has 0 atom stereocenters. The smallest absolute Gasteiger partial charge is 0.339 e. The van der Waals surface area contributed by atoms with Crippen molar-refractivity contribution >= 4 is 5.91 Å². The van der Waals surface area contributed by atoms with E-state index in [-0.39, 0.29) is 12.6 Å². The molecule has 5 nitrogen and oxygen atoms in total. The van der Waals surface area contributed by atoms with Gasteiger partial charge in [-0.1, -0.05) is 30.3 Å². The summed E-state index contributed by atoms with van der Waals surface area (Å²) in [6.07, 6.45) is -3.10. The number of rotatable bonds is 4. The van der Waals surface area contributed by atoms with Crippen LogP contribution in [0.3, 0.4) is 0 Å². The lowest BCUT2D eigenvalue weighted by molar-refractivity contribution is -0.142. The largest absolute Gasteiger partial charge is 0.435 e. The molecular weight excluding hydrogens is 357 g/mol. The van der Waals surface area contributed by atoms with Gasteiger partial charge in [0.2, 0.25) is 5.91 Å². The number of nitrogens with zero attached hydrogens (tertiary/aromatic N) is 4. The SMILES string of the molecule is CC(C)(C(=O)N1CCN(Cn2ccc(C(F)(F)F)n2)CC1)c1ccccc1. The van der Waals surface area contributed by atoms with Crippen molar-refractivity contribution in [3.63, 3.8) is 0 Å². The van der Waals surface area contributed by atoms with Gasteiger partial charge in [-0.2, -0.15) is 18.3 Å². The number of piperazine rings is 1. The van der Waals surface area contributed by atoms with Crippen LogP contribution in [0, 0.1) is 0 Å². The van der Waals surface area contributed by atoms with Gasteiger partial charge < -0.3 is 4.90 Å². The maximum absolute atomic E-state index is 13.0. The maximum atomic E-state index is 13.0. The van der Waals surface area contributed by atoms with Gasteiger partial charge in [-0.05, 0) is 25.5 Å². The number of halogens is 3. The average molecular weight is 380 g/mol. The van der Waals surface area contributed by atoms with Crippen molar-refractivity contribution in [3.05, 3.63) is 53.9 Å². The molecule has 0 saturated carbocycles. The average Bonchev–Trinajstić information content (AvgIpc) is 3.11. The van der Waals surface area contributed by atoms with E-state index >= 15 is 0 Å². The Hall–Kier alpha value is -2.35. The van der Waals surface area contributed by atoms with Gasteiger partial charge in [0.15, 0.2) is 5.69 Å². The van der Waals surface area contributed by atoms with Crippen LogP contribution in [0.2, 0.25) is 0 Å². The van der Waals surface area contributed by atoms with Crippen LogP contribution in [0.25, 0.3) is 0 Å². The second-order valence-electron chi connectivity index (χ2n) is 7.28.